The first-order chi connectivity index (χ1) is 8.74. The van der Waals surface area contributed by atoms with E-state index >= 15 is 0 Å². The monoisotopic (exact) mass is 241 g/mol. The van der Waals surface area contributed by atoms with Gasteiger partial charge in [0.25, 0.3) is 0 Å². The lowest BCUT2D eigenvalue weighted by molar-refractivity contribution is 0.609. The van der Waals surface area contributed by atoms with Gasteiger partial charge in [0.2, 0.25) is 0 Å². The van der Waals surface area contributed by atoms with Gasteiger partial charge in [0.05, 0.1) is 5.69 Å². The van der Waals surface area contributed by atoms with Crippen molar-refractivity contribution in [2.24, 2.45) is 0 Å². The van der Waals surface area contributed by atoms with Crippen molar-refractivity contribution < 1.29 is 4.39 Å². The number of halogens is 1. The molecule has 1 nitrogen and oxygen atoms in total. The topological polar surface area (TPSA) is 3.24 Å². The highest BCUT2D eigenvalue weighted by atomic mass is 19.1. The molecule has 1 heterocycles. The molecule has 0 aromatic heterocycles. The van der Waals surface area contributed by atoms with Crippen molar-refractivity contribution in [1.82, 2.24) is 0 Å². The summed E-state index contributed by atoms with van der Waals surface area (Å²) in [5.74, 6) is -0.116. The molecule has 0 spiro atoms. The summed E-state index contributed by atoms with van der Waals surface area (Å²) in [6, 6.07) is 13.9. The number of hydrogen-bond donors (Lipinski definition) is 0. The van der Waals surface area contributed by atoms with E-state index in [9.17, 15) is 4.39 Å². The van der Waals surface area contributed by atoms with E-state index in [2.05, 4.69) is 23.1 Å². The van der Waals surface area contributed by atoms with Crippen LogP contribution in [-0.2, 0) is 13.0 Å². The van der Waals surface area contributed by atoms with Crippen molar-refractivity contribution in [1.29, 1.82) is 0 Å². The molecular weight excluding hydrogens is 225 g/mol. The third kappa shape index (κ3) is 1.99. The molecule has 2 aromatic rings. The Kier molecular flexibility index (Phi) is 2.78. The molecule has 0 saturated carbocycles. The third-order valence-corrected chi connectivity index (χ3v) is 3.57. The number of rotatable bonds is 1. The maximum absolute atomic E-state index is 14.0. The smallest absolute Gasteiger partial charge is 0.146 e. The molecule has 0 radical (unpaired) electrons. The molecule has 0 bridgehead atoms. The molecule has 0 amide bonds. The van der Waals surface area contributed by atoms with Gasteiger partial charge in [-0.25, -0.2) is 4.39 Å². The number of hydrogen-bond acceptors (Lipinski definition) is 1. The molecule has 0 atom stereocenters. The Hall–Kier alpha value is -1.83. The molecule has 0 aliphatic carbocycles. The fourth-order valence-corrected chi connectivity index (χ4v) is 2.57. The van der Waals surface area contributed by atoms with Crippen LogP contribution < -0.4 is 4.90 Å². The number of benzene rings is 2. The number of fused-ring (bicyclic) bond motifs is 1. The molecule has 1 aliphatic rings. The van der Waals surface area contributed by atoms with Crippen LogP contribution in [0.4, 0.5) is 10.1 Å². The Balaban J connectivity index is 1.92. The Labute approximate surface area is 107 Å². The van der Waals surface area contributed by atoms with Gasteiger partial charge in [-0.3, -0.25) is 0 Å². The molecule has 2 heteroatoms. The van der Waals surface area contributed by atoms with Crippen molar-refractivity contribution in [2.75, 3.05) is 11.4 Å². The number of nitrogens with zero attached hydrogens (tertiary/aromatic N) is 1. The average Bonchev–Trinajstić information content (AvgIpc) is 2.38. The van der Waals surface area contributed by atoms with Crippen LogP contribution in [0.1, 0.15) is 16.7 Å². The lowest BCUT2D eigenvalue weighted by Gasteiger charge is -2.31. The second-order valence-electron chi connectivity index (χ2n) is 4.90. The SMILES string of the molecule is Cc1ccc(N2CCc3ccccc3C2)c(F)c1. The maximum Gasteiger partial charge on any atom is 0.146 e. The zero-order valence-electron chi connectivity index (χ0n) is 10.5. The van der Waals surface area contributed by atoms with E-state index in [1.807, 2.05) is 25.1 Å². The highest BCUT2D eigenvalue weighted by molar-refractivity contribution is 5.51. The van der Waals surface area contributed by atoms with Crippen LogP contribution >= 0.6 is 0 Å². The highest BCUT2D eigenvalue weighted by Gasteiger charge is 2.18. The molecule has 2 aromatic carbocycles. The van der Waals surface area contributed by atoms with Crippen molar-refractivity contribution in [2.45, 2.75) is 19.9 Å². The van der Waals surface area contributed by atoms with E-state index in [0.29, 0.717) is 0 Å². The molecule has 3 rings (SSSR count). The Morgan fingerprint density at radius 2 is 1.83 bits per heavy atom. The Bertz CT molecular complexity index is 577. The van der Waals surface area contributed by atoms with Gasteiger partial charge < -0.3 is 4.90 Å². The predicted molar refractivity (Wildman–Crippen MR) is 72.3 cm³/mol. The van der Waals surface area contributed by atoms with Gasteiger partial charge >= 0.3 is 0 Å². The summed E-state index contributed by atoms with van der Waals surface area (Å²) in [4.78, 5) is 2.12. The number of anilines is 1. The summed E-state index contributed by atoms with van der Waals surface area (Å²) in [5, 5.41) is 0. The molecule has 92 valence electrons. The summed E-state index contributed by atoms with van der Waals surface area (Å²) in [6.45, 7) is 3.60. The van der Waals surface area contributed by atoms with Gasteiger partial charge in [0.1, 0.15) is 5.82 Å². The van der Waals surface area contributed by atoms with E-state index < -0.39 is 0 Å². The molecular formula is C16H16FN. The minimum Gasteiger partial charge on any atom is -0.364 e. The molecule has 18 heavy (non-hydrogen) atoms. The van der Waals surface area contributed by atoms with Crippen LogP contribution in [0.25, 0.3) is 0 Å². The van der Waals surface area contributed by atoms with Gasteiger partial charge in [-0.2, -0.15) is 0 Å². The summed E-state index contributed by atoms with van der Waals surface area (Å²) in [7, 11) is 0. The molecule has 0 N–H and O–H groups in total. The van der Waals surface area contributed by atoms with Crippen molar-refractivity contribution in [3.05, 3.63) is 65.0 Å². The average molecular weight is 241 g/mol. The largest absolute Gasteiger partial charge is 0.364 e. The van der Waals surface area contributed by atoms with Crippen LogP contribution in [0.15, 0.2) is 42.5 Å². The first-order valence-electron chi connectivity index (χ1n) is 6.32. The van der Waals surface area contributed by atoms with E-state index in [1.54, 1.807) is 6.07 Å². The quantitative estimate of drug-likeness (QED) is 0.736. The minimum absolute atomic E-state index is 0.116. The first kappa shape index (κ1) is 11.3. The van der Waals surface area contributed by atoms with Gasteiger partial charge in [-0.05, 0) is 42.2 Å². The Morgan fingerprint density at radius 1 is 1.06 bits per heavy atom. The van der Waals surface area contributed by atoms with Crippen LogP contribution in [0, 0.1) is 12.7 Å². The molecule has 0 unspecified atom stereocenters. The summed E-state index contributed by atoms with van der Waals surface area (Å²) in [6.07, 6.45) is 0.990. The summed E-state index contributed by atoms with van der Waals surface area (Å²) >= 11 is 0. The van der Waals surface area contributed by atoms with Crippen LogP contribution in [-0.4, -0.2) is 6.54 Å². The van der Waals surface area contributed by atoms with E-state index in [1.165, 1.54) is 11.1 Å². The van der Waals surface area contributed by atoms with Crippen molar-refractivity contribution in [3.8, 4) is 0 Å². The second kappa shape index (κ2) is 4.45. The van der Waals surface area contributed by atoms with Crippen LogP contribution in [0.5, 0.6) is 0 Å². The summed E-state index contributed by atoms with van der Waals surface area (Å²) < 4.78 is 14.0. The molecule has 0 saturated heterocycles. The van der Waals surface area contributed by atoms with Crippen LogP contribution in [0.2, 0.25) is 0 Å². The normalized spacial score (nSPS) is 14.4. The van der Waals surface area contributed by atoms with Gasteiger partial charge in [0.15, 0.2) is 0 Å². The second-order valence-corrected chi connectivity index (χ2v) is 4.90. The zero-order chi connectivity index (χ0) is 12.5. The van der Waals surface area contributed by atoms with Gasteiger partial charge in [0, 0.05) is 13.1 Å². The minimum atomic E-state index is -0.116. The Morgan fingerprint density at radius 3 is 2.61 bits per heavy atom. The van der Waals surface area contributed by atoms with Crippen molar-refractivity contribution in [3.63, 3.8) is 0 Å². The standard InChI is InChI=1S/C16H16FN/c1-12-6-7-16(15(17)10-12)18-9-8-13-4-2-3-5-14(13)11-18/h2-7,10H,8-9,11H2,1H3. The predicted octanol–water partition coefficient (Wildman–Crippen LogP) is 3.70. The lowest BCUT2D eigenvalue weighted by Crippen LogP contribution is -2.30. The van der Waals surface area contributed by atoms with E-state index in [4.69, 9.17) is 0 Å². The third-order valence-electron chi connectivity index (χ3n) is 3.57. The van der Waals surface area contributed by atoms with Gasteiger partial charge in [-0.1, -0.05) is 30.3 Å². The fraction of sp³-hybridized carbons (Fsp3) is 0.250. The lowest BCUT2D eigenvalue weighted by atomic mass is 9.99. The first-order valence-corrected chi connectivity index (χ1v) is 6.32. The zero-order valence-corrected chi connectivity index (χ0v) is 10.5. The molecule has 1 aliphatic heterocycles. The van der Waals surface area contributed by atoms with E-state index in [0.717, 1.165) is 30.8 Å². The highest BCUT2D eigenvalue weighted by Crippen LogP contribution is 2.26. The van der Waals surface area contributed by atoms with Crippen LogP contribution in [0.3, 0.4) is 0 Å². The van der Waals surface area contributed by atoms with Gasteiger partial charge in [-0.15, -0.1) is 0 Å². The molecule has 0 fully saturated rings. The van der Waals surface area contributed by atoms with Crippen molar-refractivity contribution >= 4 is 5.69 Å². The number of aryl methyl sites for hydroxylation is 1. The maximum atomic E-state index is 14.0. The van der Waals surface area contributed by atoms with E-state index in [-0.39, 0.29) is 5.82 Å². The fourth-order valence-electron chi connectivity index (χ4n) is 2.57. The summed E-state index contributed by atoms with van der Waals surface area (Å²) in [5.41, 5.74) is 4.38.